The lowest BCUT2D eigenvalue weighted by Crippen LogP contribution is -2.30. The van der Waals surface area contributed by atoms with E-state index in [1.54, 1.807) is 66.7 Å². The fraction of sp³-hybridized carbons (Fsp3) is 0.125. The SMILES string of the molecule is COc1cc(OC)c(OC)cc1/C=C(\NC(=O)c1ccccc1)C(=O)Nc1ccc(SC(C(=O)Nc2cc(Cl)ccc2C)c2ccccc2)cc1. The number of amides is 3. The van der Waals surface area contributed by atoms with Crippen molar-refractivity contribution in [1.29, 1.82) is 0 Å². The van der Waals surface area contributed by atoms with E-state index in [9.17, 15) is 14.4 Å². The number of methoxy groups -OCH3 is 3. The number of hydrogen-bond acceptors (Lipinski definition) is 7. The van der Waals surface area contributed by atoms with Gasteiger partial charge < -0.3 is 30.2 Å². The zero-order valence-electron chi connectivity index (χ0n) is 28.4. The highest BCUT2D eigenvalue weighted by Gasteiger charge is 2.23. The van der Waals surface area contributed by atoms with Crippen molar-refractivity contribution in [3.63, 3.8) is 0 Å². The summed E-state index contributed by atoms with van der Waals surface area (Å²) in [4.78, 5) is 41.4. The molecule has 11 heteroatoms. The predicted molar refractivity (Wildman–Crippen MR) is 203 cm³/mol. The van der Waals surface area contributed by atoms with Crippen LogP contribution in [0, 0.1) is 6.92 Å². The van der Waals surface area contributed by atoms with Crippen molar-refractivity contribution in [3.05, 3.63) is 148 Å². The van der Waals surface area contributed by atoms with Gasteiger partial charge in [0.05, 0.1) is 21.3 Å². The van der Waals surface area contributed by atoms with Crippen molar-refractivity contribution < 1.29 is 28.6 Å². The van der Waals surface area contributed by atoms with Crippen LogP contribution in [0.5, 0.6) is 17.2 Å². The Morgan fingerprint density at radius 2 is 1.35 bits per heavy atom. The fourth-order valence-corrected chi connectivity index (χ4v) is 6.24. The van der Waals surface area contributed by atoms with E-state index in [-0.39, 0.29) is 11.6 Å². The number of carbonyl (C=O) groups is 3. The van der Waals surface area contributed by atoms with Gasteiger partial charge >= 0.3 is 0 Å². The second-order valence-corrected chi connectivity index (χ2v) is 12.8. The Hall–Kier alpha value is -5.71. The lowest BCUT2D eigenvalue weighted by Gasteiger charge is -2.18. The molecular formula is C40H36ClN3O6S. The van der Waals surface area contributed by atoms with Crippen molar-refractivity contribution in [2.24, 2.45) is 0 Å². The van der Waals surface area contributed by atoms with Crippen LogP contribution in [0.3, 0.4) is 0 Å². The molecule has 0 radical (unpaired) electrons. The van der Waals surface area contributed by atoms with Crippen molar-refractivity contribution in [1.82, 2.24) is 5.32 Å². The number of ether oxygens (including phenoxy) is 3. The first-order valence-corrected chi connectivity index (χ1v) is 17.0. The number of halogens is 1. The Bertz CT molecular complexity index is 2040. The van der Waals surface area contributed by atoms with Crippen LogP contribution >= 0.6 is 23.4 Å². The van der Waals surface area contributed by atoms with Crippen molar-refractivity contribution in [3.8, 4) is 17.2 Å². The molecule has 0 bridgehead atoms. The molecule has 0 heterocycles. The highest BCUT2D eigenvalue weighted by atomic mass is 35.5. The van der Waals surface area contributed by atoms with E-state index >= 15 is 0 Å². The van der Waals surface area contributed by atoms with Crippen LogP contribution < -0.4 is 30.2 Å². The smallest absolute Gasteiger partial charge is 0.272 e. The lowest BCUT2D eigenvalue weighted by atomic mass is 10.1. The average Bonchev–Trinajstić information content (AvgIpc) is 3.15. The molecule has 260 valence electrons. The Balaban J connectivity index is 1.39. The molecular weight excluding hydrogens is 686 g/mol. The molecule has 9 nitrogen and oxygen atoms in total. The molecule has 1 atom stereocenters. The van der Waals surface area contributed by atoms with Crippen LogP contribution in [0.1, 0.15) is 32.3 Å². The van der Waals surface area contributed by atoms with Crippen molar-refractivity contribution >= 4 is 58.5 Å². The molecule has 0 aliphatic heterocycles. The summed E-state index contributed by atoms with van der Waals surface area (Å²) in [6, 6.07) is 33.8. The van der Waals surface area contributed by atoms with Gasteiger partial charge in [0.25, 0.3) is 11.8 Å². The van der Waals surface area contributed by atoms with E-state index in [2.05, 4.69) is 16.0 Å². The molecule has 51 heavy (non-hydrogen) atoms. The van der Waals surface area contributed by atoms with Crippen LogP contribution in [-0.2, 0) is 9.59 Å². The van der Waals surface area contributed by atoms with Crippen molar-refractivity contribution in [2.45, 2.75) is 17.1 Å². The topological polar surface area (TPSA) is 115 Å². The first-order chi connectivity index (χ1) is 24.7. The standard InChI is InChI=1S/C40H36ClN3O6S/c1-25-15-16-29(41)23-32(25)43-40(47)37(26-11-7-5-8-12-26)51-31-19-17-30(18-20-31)42-39(46)33(44-38(45)27-13-9-6-10-14-27)21-28-22-35(49-3)36(50-4)24-34(28)48-2/h5-24,37H,1-4H3,(H,42,46)(H,43,47)(H,44,45)/b33-21-. The first-order valence-electron chi connectivity index (χ1n) is 15.8. The van der Waals surface area contributed by atoms with E-state index in [1.807, 2.05) is 55.5 Å². The quantitative estimate of drug-likeness (QED) is 0.0825. The summed E-state index contributed by atoms with van der Waals surface area (Å²) < 4.78 is 16.4. The van der Waals surface area contributed by atoms with E-state index in [1.165, 1.54) is 39.2 Å². The van der Waals surface area contributed by atoms with Gasteiger partial charge in [-0.25, -0.2) is 0 Å². The Morgan fingerprint density at radius 3 is 2.00 bits per heavy atom. The maximum atomic E-state index is 13.8. The van der Waals surface area contributed by atoms with Gasteiger partial charge in [0, 0.05) is 38.5 Å². The Labute approximate surface area is 306 Å². The van der Waals surface area contributed by atoms with E-state index in [0.29, 0.717) is 44.8 Å². The predicted octanol–water partition coefficient (Wildman–Crippen LogP) is 8.56. The third-order valence-corrected chi connectivity index (χ3v) is 9.23. The molecule has 0 spiro atoms. The molecule has 0 saturated heterocycles. The third kappa shape index (κ3) is 9.50. The van der Waals surface area contributed by atoms with Crippen LogP contribution in [0.4, 0.5) is 11.4 Å². The molecule has 5 aromatic carbocycles. The molecule has 3 amide bonds. The summed E-state index contributed by atoms with van der Waals surface area (Å²) in [5, 5.41) is 8.58. The maximum absolute atomic E-state index is 13.8. The zero-order chi connectivity index (χ0) is 36.3. The average molecular weight is 722 g/mol. The molecule has 1 unspecified atom stereocenters. The largest absolute Gasteiger partial charge is 0.496 e. The van der Waals surface area contributed by atoms with Gasteiger partial charge in [-0.15, -0.1) is 11.8 Å². The molecule has 0 saturated carbocycles. The second-order valence-electron chi connectivity index (χ2n) is 11.2. The van der Waals surface area contributed by atoms with Gasteiger partial charge in [-0.05, 0) is 78.7 Å². The summed E-state index contributed by atoms with van der Waals surface area (Å²) in [5.41, 5.74) is 3.64. The van der Waals surface area contributed by atoms with Crippen LogP contribution in [0.25, 0.3) is 6.08 Å². The number of thioether (sulfide) groups is 1. The summed E-state index contributed by atoms with van der Waals surface area (Å²) in [6.45, 7) is 1.90. The van der Waals surface area contributed by atoms with Crippen molar-refractivity contribution in [2.75, 3.05) is 32.0 Å². The van der Waals surface area contributed by atoms with Gasteiger partial charge in [-0.2, -0.15) is 0 Å². The van der Waals surface area contributed by atoms with Gasteiger partial charge in [-0.1, -0.05) is 66.2 Å². The van der Waals surface area contributed by atoms with Gasteiger partial charge in [0.1, 0.15) is 16.7 Å². The first kappa shape index (κ1) is 36.6. The third-order valence-electron chi connectivity index (χ3n) is 7.73. The minimum absolute atomic E-state index is 0.0371. The zero-order valence-corrected chi connectivity index (χ0v) is 29.9. The Morgan fingerprint density at radius 1 is 0.725 bits per heavy atom. The molecule has 0 fully saturated rings. The van der Waals surface area contributed by atoms with Gasteiger partial charge in [0.2, 0.25) is 5.91 Å². The van der Waals surface area contributed by atoms with E-state index in [4.69, 9.17) is 25.8 Å². The highest BCUT2D eigenvalue weighted by molar-refractivity contribution is 8.00. The number of carbonyl (C=O) groups excluding carboxylic acids is 3. The lowest BCUT2D eigenvalue weighted by molar-refractivity contribution is -0.116. The molecule has 5 aromatic rings. The summed E-state index contributed by atoms with van der Waals surface area (Å²) >= 11 is 7.57. The number of rotatable bonds is 13. The van der Waals surface area contributed by atoms with E-state index in [0.717, 1.165) is 16.0 Å². The maximum Gasteiger partial charge on any atom is 0.272 e. The highest BCUT2D eigenvalue weighted by Crippen LogP contribution is 2.38. The summed E-state index contributed by atoms with van der Waals surface area (Å²) in [5.74, 6) is 0.00273. The molecule has 3 N–H and O–H groups in total. The fourth-order valence-electron chi connectivity index (χ4n) is 5.04. The summed E-state index contributed by atoms with van der Waals surface area (Å²) in [6.07, 6.45) is 1.51. The minimum atomic E-state index is -0.579. The number of aryl methyl sites for hydroxylation is 1. The normalized spacial score (nSPS) is 11.6. The molecule has 0 aliphatic rings. The molecule has 0 aromatic heterocycles. The minimum Gasteiger partial charge on any atom is -0.496 e. The number of benzene rings is 5. The van der Waals surface area contributed by atoms with E-state index < -0.39 is 17.1 Å². The molecule has 5 rings (SSSR count). The van der Waals surface area contributed by atoms with Crippen LogP contribution in [-0.4, -0.2) is 39.1 Å². The molecule has 0 aliphatic carbocycles. The van der Waals surface area contributed by atoms with Crippen LogP contribution in [0.15, 0.2) is 126 Å². The van der Waals surface area contributed by atoms with Gasteiger partial charge in [0.15, 0.2) is 11.5 Å². The Kier molecular flexibility index (Phi) is 12.4. The summed E-state index contributed by atoms with van der Waals surface area (Å²) in [7, 11) is 4.50. The number of nitrogens with one attached hydrogen (secondary N) is 3. The van der Waals surface area contributed by atoms with Gasteiger partial charge in [-0.3, -0.25) is 14.4 Å². The number of hydrogen-bond donors (Lipinski definition) is 3. The second kappa shape index (κ2) is 17.3. The van der Waals surface area contributed by atoms with Crippen LogP contribution in [0.2, 0.25) is 5.02 Å². The number of anilines is 2. The monoisotopic (exact) mass is 721 g/mol.